The van der Waals surface area contributed by atoms with E-state index >= 15 is 0 Å². The molecule has 92 valence electrons. The van der Waals surface area contributed by atoms with Crippen LogP contribution in [-0.2, 0) is 0 Å². The van der Waals surface area contributed by atoms with Crippen molar-refractivity contribution in [1.82, 2.24) is 9.80 Å². The average molecular weight is 234 g/mol. The molecule has 1 heterocycles. The number of carbonyl (C=O) groups is 1. The van der Waals surface area contributed by atoms with Gasteiger partial charge in [0.25, 0.3) is 0 Å². The number of urea groups is 1. The zero-order chi connectivity index (χ0) is 12.6. The van der Waals surface area contributed by atoms with Crippen LogP contribution in [-0.4, -0.2) is 43.6 Å². The van der Waals surface area contributed by atoms with E-state index in [1.165, 1.54) is 0 Å². The largest absolute Gasteiger partial charge is 0.496 e. The maximum absolute atomic E-state index is 11.7. The molecule has 1 saturated heterocycles. The van der Waals surface area contributed by atoms with Crippen LogP contribution in [0.25, 0.3) is 0 Å². The predicted molar refractivity (Wildman–Crippen MR) is 66.3 cm³/mol. The molecule has 1 aromatic rings. The highest BCUT2D eigenvalue weighted by molar-refractivity contribution is 5.77. The summed E-state index contributed by atoms with van der Waals surface area (Å²) >= 11 is 0. The molecule has 0 spiro atoms. The van der Waals surface area contributed by atoms with Crippen LogP contribution in [0.15, 0.2) is 18.2 Å². The summed E-state index contributed by atoms with van der Waals surface area (Å²) in [6.45, 7) is 2.75. The maximum Gasteiger partial charge on any atom is 0.320 e. The van der Waals surface area contributed by atoms with E-state index in [1.54, 1.807) is 16.9 Å². The first kappa shape index (κ1) is 11.8. The van der Waals surface area contributed by atoms with Gasteiger partial charge in [-0.15, -0.1) is 0 Å². The molecule has 0 radical (unpaired) electrons. The van der Waals surface area contributed by atoms with E-state index in [-0.39, 0.29) is 12.1 Å². The van der Waals surface area contributed by atoms with Crippen molar-refractivity contribution in [3.8, 4) is 5.75 Å². The molecule has 1 aromatic carbocycles. The summed E-state index contributed by atoms with van der Waals surface area (Å²) in [5, 5.41) is 0. The summed E-state index contributed by atoms with van der Waals surface area (Å²) in [4.78, 5) is 15.2. The second-order valence-electron chi connectivity index (χ2n) is 4.52. The van der Waals surface area contributed by atoms with Gasteiger partial charge < -0.3 is 14.5 Å². The van der Waals surface area contributed by atoms with Crippen LogP contribution < -0.4 is 4.74 Å². The molecule has 0 saturated carbocycles. The van der Waals surface area contributed by atoms with Gasteiger partial charge in [-0.3, -0.25) is 0 Å². The zero-order valence-electron chi connectivity index (χ0n) is 10.7. The molecule has 17 heavy (non-hydrogen) atoms. The van der Waals surface area contributed by atoms with E-state index in [1.807, 2.05) is 33.2 Å². The lowest BCUT2D eigenvalue weighted by atomic mass is 10.0. The Labute approximate surface area is 102 Å². The average Bonchev–Trinajstić information content (AvgIpc) is 2.57. The molecule has 4 heteroatoms. The minimum Gasteiger partial charge on any atom is -0.496 e. The maximum atomic E-state index is 11.7. The van der Waals surface area contributed by atoms with Gasteiger partial charge in [0.15, 0.2) is 0 Å². The van der Waals surface area contributed by atoms with Crippen molar-refractivity contribution in [2.24, 2.45) is 0 Å². The Morgan fingerprint density at radius 3 is 2.53 bits per heavy atom. The van der Waals surface area contributed by atoms with E-state index < -0.39 is 0 Å². The number of nitrogens with zero attached hydrogens (tertiary/aromatic N) is 2. The fourth-order valence-corrected chi connectivity index (χ4v) is 2.30. The van der Waals surface area contributed by atoms with Crippen molar-refractivity contribution < 1.29 is 9.53 Å². The van der Waals surface area contributed by atoms with Gasteiger partial charge >= 0.3 is 6.03 Å². The normalized spacial score (nSPS) is 20.0. The van der Waals surface area contributed by atoms with Gasteiger partial charge in [0.1, 0.15) is 5.75 Å². The van der Waals surface area contributed by atoms with Crippen molar-refractivity contribution in [2.75, 3.05) is 27.7 Å². The predicted octanol–water partition coefficient (Wildman–Crippen LogP) is 2.04. The van der Waals surface area contributed by atoms with Gasteiger partial charge in [0.2, 0.25) is 0 Å². The Morgan fingerprint density at radius 2 is 2.06 bits per heavy atom. The first-order valence-electron chi connectivity index (χ1n) is 5.67. The summed E-state index contributed by atoms with van der Waals surface area (Å²) in [6, 6.07) is 6.29. The number of hydrogen-bond acceptors (Lipinski definition) is 2. The third-order valence-electron chi connectivity index (χ3n) is 3.35. The Morgan fingerprint density at radius 1 is 1.35 bits per heavy atom. The topological polar surface area (TPSA) is 32.8 Å². The molecule has 1 aliphatic rings. The van der Waals surface area contributed by atoms with Crippen LogP contribution in [0.3, 0.4) is 0 Å². The molecule has 2 amide bonds. The van der Waals surface area contributed by atoms with Crippen LogP contribution in [0.5, 0.6) is 5.75 Å². The van der Waals surface area contributed by atoms with Crippen molar-refractivity contribution >= 4 is 6.03 Å². The van der Waals surface area contributed by atoms with Gasteiger partial charge in [0.05, 0.1) is 13.2 Å². The Balaban J connectivity index is 2.29. The lowest BCUT2D eigenvalue weighted by Crippen LogP contribution is -2.26. The second kappa shape index (κ2) is 4.28. The van der Waals surface area contributed by atoms with Crippen molar-refractivity contribution in [3.63, 3.8) is 0 Å². The summed E-state index contributed by atoms with van der Waals surface area (Å²) < 4.78 is 5.24. The monoisotopic (exact) mass is 234 g/mol. The number of hydrogen-bond donors (Lipinski definition) is 0. The first-order chi connectivity index (χ1) is 8.04. The molecule has 0 bridgehead atoms. The smallest absolute Gasteiger partial charge is 0.320 e. The van der Waals surface area contributed by atoms with Crippen LogP contribution in [0, 0.1) is 6.92 Å². The van der Waals surface area contributed by atoms with E-state index in [0.29, 0.717) is 0 Å². The number of methoxy groups -OCH3 is 1. The molecule has 1 aliphatic heterocycles. The summed E-state index contributed by atoms with van der Waals surface area (Å²) in [7, 11) is 5.34. The van der Waals surface area contributed by atoms with E-state index in [9.17, 15) is 4.79 Å². The molecule has 1 atom stereocenters. The number of benzene rings is 1. The van der Waals surface area contributed by atoms with Crippen LogP contribution >= 0.6 is 0 Å². The number of ether oxygens (including phenoxy) is 1. The summed E-state index contributed by atoms with van der Waals surface area (Å²) in [5.41, 5.74) is 2.25. The number of aryl methyl sites for hydroxylation is 1. The number of carbonyl (C=O) groups excluding carboxylic acids is 1. The minimum atomic E-state index is 0.0727. The molecular formula is C13H18N2O2. The Hall–Kier alpha value is -1.71. The van der Waals surface area contributed by atoms with Crippen LogP contribution in [0.1, 0.15) is 17.2 Å². The molecular weight excluding hydrogens is 216 g/mol. The lowest BCUT2D eigenvalue weighted by molar-refractivity contribution is 0.201. The van der Waals surface area contributed by atoms with Crippen molar-refractivity contribution in [1.29, 1.82) is 0 Å². The number of likely N-dealkylation sites (N-methyl/N-ethyl adjacent to an activating group) is 2. The summed E-state index contributed by atoms with van der Waals surface area (Å²) in [6.07, 6.45) is 0. The molecule has 1 unspecified atom stereocenters. The number of amides is 2. The molecule has 0 aromatic heterocycles. The molecule has 4 nitrogen and oxygen atoms in total. The second-order valence-corrected chi connectivity index (χ2v) is 4.52. The molecule has 0 N–H and O–H groups in total. The zero-order valence-corrected chi connectivity index (χ0v) is 10.7. The van der Waals surface area contributed by atoms with Crippen molar-refractivity contribution in [2.45, 2.75) is 13.0 Å². The van der Waals surface area contributed by atoms with Gasteiger partial charge in [-0.2, -0.15) is 0 Å². The quantitative estimate of drug-likeness (QED) is 0.784. The molecule has 0 aliphatic carbocycles. The highest BCUT2D eigenvalue weighted by Gasteiger charge is 2.33. The van der Waals surface area contributed by atoms with E-state index in [2.05, 4.69) is 6.07 Å². The van der Waals surface area contributed by atoms with Gasteiger partial charge in [-0.25, -0.2) is 4.79 Å². The fraction of sp³-hybridized carbons (Fsp3) is 0.462. The Kier molecular flexibility index (Phi) is 2.96. The third kappa shape index (κ3) is 1.95. The number of rotatable bonds is 2. The van der Waals surface area contributed by atoms with E-state index in [4.69, 9.17) is 4.74 Å². The van der Waals surface area contributed by atoms with Gasteiger partial charge in [-0.1, -0.05) is 12.1 Å². The Bertz CT molecular complexity index is 445. The standard InChI is InChI=1S/C13H18N2O2/c1-9-7-10(5-6-12(9)17-4)11-8-14(2)13(16)15(11)3/h5-7,11H,8H2,1-4H3. The minimum absolute atomic E-state index is 0.0727. The SMILES string of the molecule is COc1ccc(C2CN(C)C(=O)N2C)cc1C. The van der Waals surface area contributed by atoms with Crippen LogP contribution in [0.2, 0.25) is 0 Å². The molecule has 2 rings (SSSR count). The highest BCUT2D eigenvalue weighted by Crippen LogP contribution is 2.30. The highest BCUT2D eigenvalue weighted by atomic mass is 16.5. The lowest BCUT2D eigenvalue weighted by Gasteiger charge is -2.19. The van der Waals surface area contributed by atoms with Gasteiger partial charge in [0, 0.05) is 20.6 Å². The fourth-order valence-electron chi connectivity index (χ4n) is 2.30. The van der Waals surface area contributed by atoms with Crippen LogP contribution in [0.4, 0.5) is 4.79 Å². The third-order valence-corrected chi connectivity index (χ3v) is 3.35. The van der Waals surface area contributed by atoms with Gasteiger partial charge in [-0.05, 0) is 24.1 Å². The van der Waals surface area contributed by atoms with Crippen molar-refractivity contribution in [3.05, 3.63) is 29.3 Å². The molecule has 1 fully saturated rings. The first-order valence-corrected chi connectivity index (χ1v) is 5.67. The van der Waals surface area contributed by atoms with E-state index in [0.717, 1.165) is 23.4 Å². The summed E-state index contributed by atoms with van der Waals surface area (Å²) in [5.74, 6) is 0.883.